The van der Waals surface area contributed by atoms with E-state index in [1.54, 1.807) is 0 Å². The summed E-state index contributed by atoms with van der Waals surface area (Å²) in [6, 6.07) is 0. The van der Waals surface area contributed by atoms with Gasteiger partial charge in [0.05, 0.1) is 6.61 Å². The SMILES string of the molecule is CCCCCCCCCCCCCCCCOCC[O]. The van der Waals surface area contributed by atoms with Crippen molar-refractivity contribution in [1.82, 2.24) is 0 Å². The summed E-state index contributed by atoms with van der Waals surface area (Å²) in [4.78, 5) is 0. The molecular formula is C18H37O2. The highest BCUT2D eigenvalue weighted by atomic mass is 16.5. The van der Waals surface area contributed by atoms with E-state index in [4.69, 9.17) is 4.74 Å². The Hall–Kier alpha value is -0.0800. The fraction of sp³-hybridized carbons (Fsp3) is 1.00. The lowest BCUT2D eigenvalue weighted by Gasteiger charge is -2.03. The maximum Gasteiger partial charge on any atom is 0.106 e. The zero-order chi connectivity index (χ0) is 14.7. The molecule has 1 radical (unpaired) electrons. The molecule has 0 aliphatic carbocycles. The van der Waals surface area contributed by atoms with Crippen molar-refractivity contribution in [2.75, 3.05) is 19.8 Å². The molecule has 0 saturated carbocycles. The first-order valence-electron chi connectivity index (χ1n) is 9.07. The second kappa shape index (κ2) is 18.9. The quantitative estimate of drug-likeness (QED) is 0.305. The van der Waals surface area contributed by atoms with E-state index in [-0.39, 0.29) is 6.61 Å². The average molecular weight is 285 g/mol. The highest BCUT2D eigenvalue weighted by Gasteiger charge is 1.94. The van der Waals surface area contributed by atoms with Gasteiger partial charge in [-0.3, -0.25) is 0 Å². The molecule has 0 aliphatic heterocycles. The molecule has 20 heavy (non-hydrogen) atoms. The van der Waals surface area contributed by atoms with E-state index in [0.29, 0.717) is 6.61 Å². The zero-order valence-corrected chi connectivity index (χ0v) is 13.8. The minimum Gasteiger partial charge on any atom is -0.379 e. The van der Waals surface area contributed by atoms with E-state index < -0.39 is 0 Å². The summed E-state index contributed by atoms with van der Waals surface area (Å²) in [5.74, 6) is 0. The smallest absolute Gasteiger partial charge is 0.106 e. The molecule has 0 aromatic rings. The summed E-state index contributed by atoms with van der Waals surface area (Å²) < 4.78 is 5.18. The van der Waals surface area contributed by atoms with Crippen molar-refractivity contribution in [3.05, 3.63) is 0 Å². The van der Waals surface area contributed by atoms with Gasteiger partial charge in [0.1, 0.15) is 6.61 Å². The lowest BCUT2D eigenvalue weighted by Crippen LogP contribution is -1.99. The first kappa shape index (κ1) is 19.9. The fourth-order valence-electron chi connectivity index (χ4n) is 2.56. The van der Waals surface area contributed by atoms with Crippen molar-refractivity contribution in [1.29, 1.82) is 0 Å². The molecule has 0 aromatic heterocycles. The van der Waals surface area contributed by atoms with Gasteiger partial charge in [0.15, 0.2) is 0 Å². The van der Waals surface area contributed by atoms with Gasteiger partial charge in [0.25, 0.3) is 0 Å². The first-order valence-corrected chi connectivity index (χ1v) is 9.07. The Bertz CT molecular complexity index is 141. The molecule has 0 spiro atoms. The number of ether oxygens (including phenoxy) is 1. The first-order chi connectivity index (χ1) is 9.91. The van der Waals surface area contributed by atoms with E-state index in [1.165, 1.54) is 83.5 Å². The van der Waals surface area contributed by atoms with Gasteiger partial charge in [-0.2, -0.15) is 0 Å². The van der Waals surface area contributed by atoms with Crippen LogP contribution in [-0.4, -0.2) is 19.8 Å². The average Bonchev–Trinajstić information content (AvgIpc) is 2.47. The monoisotopic (exact) mass is 285 g/mol. The van der Waals surface area contributed by atoms with Gasteiger partial charge >= 0.3 is 0 Å². The van der Waals surface area contributed by atoms with Crippen LogP contribution in [0.4, 0.5) is 0 Å². The molecule has 0 saturated heterocycles. The van der Waals surface area contributed by atoms with Gasteiger partial charge in [-0.1, -0.05) is 90.4 Å². The molecule has 2 heteroatoms. The van der Waals surface area contributed by atoms with Gasteiger partial charge in [0.2, 0.25) is 0 Å². The van der Waals surface area contributed by atoms with Crippen molar-refractivity contribution in [3.63, 3.8) is 0 Å². The lowest BCUT2D eigenvalue weighted by atomic mass is 10.0. The van der Waals surface area contributed by atoms with Crippen LogP contribution in [0, 0.1) is 0 Å². The van der Waals surface area contributed by atoms with Crippen LogP contribution in [0.25, 0.3) is 0 Å². The third-order valence-corrected chi connectivity index (χ3v) is 3.87. The predicted molar refractivity (Wildman–Crippen MR) is 86.7 cm³/mol. The van der Waals surface area contributed by atoms with Gasteiger partial charge in [-0.25, -0.2) is 5.11 Å². The minimum atomic E-state index is -0.0986. The van der Waals surface area contributed by atoms with Crippen LogP contribution < -0.4 is 0 Å². The standard InChI is InChI=1S/C18H37O2/c1-2-3-4-5-6-7-8-9-10-11-12-13-14-15-17-20-18-16-19/h2-18H2,1H3. The summed E-state index contributed by atoms with van der Waals surface area (Å²) in [5.41, 5.74) is 0. The van der Waals surface area contributed by atoms with Crippen LogP contribution in [-0.2, 0) is 9.84 Å². The van der Waals surface area contributed by atoms with Crippen molar-refractivity contribution in [2.45, 2.75) is 96.8 Å². The summed E-state index contributed by atoms with van der Waals surface area (Å²) >= 11 is 0. The minimum absolute atomic E-state index is 0.0986. The van der Waals surface area contributed by atoms with Crippen molar-refractivity contribution >= 4 is 0 Å². The van der Waals surface area contributed by atoms with E-state index in [2.05, 4.69) is 6.92 Å². The topological polar surface area (TPSA) is 29.1 Å². The Labute approximate surface area is 127 Å². The maximum atomic E-state index is 10.2. The van der Waals surface area contributed by atoms with Crippen LogP contribution in [0.2, 0.25) is 0 Å². The van der Waals surface area contributed by atoms with Crippen LogP contribution >= 0.6 is 0 Å². The van der Waals surface area contributed by atoms with Crippen molar-refractivity contribution in [2.24, 2.45) is 0 Å². The van der Waals surface area contributed by atoms with Crippen molar-refractivity contribution < 1.29 is 9.84 Å². The molecule has 0 heterocycles. The van der Waals surface area contributed by atoms with Gasteiger partial charge in [0, 0.05) is 6.61 Å². The maximum absolute atomic E-state index is 10.2. The molecule has 0 rings (SSSR count). The molecule has 2 nitrogen and oxygen atoms in total. The fourth-order valence-corrected chi connectivity index (χ4v) is 2.56. The second-order valence-electron chi connectivity index (χ2n) is 5.91. The van der Waals surface area contributed by atoms with E-state index >= 15 is 0 Å². The highest BCUT2D eigenvalue weighted by molar-refractivity contribution is 4.49. The highest BCUT2D eigenvalue weighted by Crippen LogP contribution is 2.12. The summed E-state index contributed by atoms with van der Waals surface area (Å²) in [6.45, 7) is 3.34. The lowest BCUT2D eigenvalue weighted by molar-refractivity contribution is 0.0618. The van der Waals surface area contributed by atoms with Gasteiger partial charge in [-0.05, 0) is 6.42 Å². The summed E-state index contributed by atoms with van der Waals surface area (Å²) in [6.07, 6.45) is 19.3. The molecule has 0 amide bonds. The molecule has 0 aliphatic rings. The largest absolute Gasteiger partial charge is 0.379 e. The third kappa shape index (κ3) is 17.9. The predicted octanol–water partition coefficient (Wildman–Crippen LogP) is 5.91. The summed E-state index contributed by atoms with van der Waals surface area (Å²) in [5, 5.41) is 10.2. The number of unbranched alkanes of at least 4 members (excludes halogenated alkanes) is 13. The molecule has 121 valence electrons. The number of hydrogen-bond acceptors (Lipinski definition) is 1. The van der Waals surface area contributed by atoms with Crippen LogP contribution in [0.3, 0.4) is 0 Å². The van der Waals surface area contributed by atoms with E-state index in [1.807, 2.05) is 0 Å². The molecule has 0 atom stereocenters. The van der Waals surface area contributed by atoms with Gasteiger partial charge in [-0.15, -0.1) is 0 Å². The Morgan fingerprint density at radius 3 is 1.35 bits per heavy atom. The summed E-state index contributed by atoms with van der Waals surface area (Å²) in [7, 11) is 0. The second-order valence-corrected chi connectivity index (χ2v) is 5.91. The van der Waals surface area contributed by atoms with Gasteiger partial charge < -0.3 is 4.74 Å². The zero-order valence-electron chi connectivity index (χ0n) is 13.8. The number of rotatable bonds is 17. The van der Waals surface area contributed by atoms with Crippen LogP contribution in [0.15, 0.2) is 0 Å². The van der Waals surface area contributed by atoms with Crippen LogP contribution in [0.5, 0.6) is 0 Å². The Kier molecular flexibility index (Phi) is 18.8. The molecule has 0 bridgehead atoms. The van der Waals surface area contributed by atoms with E-state index in [9.17, 15) is 5.11 Å². The third-order valence-electron chi connectivity index (χ3n) is 3.87. The van der Waals surface area contributed by atoms with Crippen molar-refractivity contribution in [3.8, 4) is 0 Å². The molecule has 0 N–H and O–H groups in total. The molecule has 0 aromatic carbocycles. The molecule has 0 unspecified atom stereocenters. The normalized spacial score (nSPS) is 11.1. The number of hydrogen-bond donors (Lipinski definition) is 0. The molecular weight excluding hydrogens is 248 g/mol. The van der Waals surface area contributed by atoms with Crippen LogP contribution in [0.1, 0.15) is 96.8 Å². The Balaban J connectivity index is 2.89. The Morgan fingerprint density at radius 1 is 0.550 bits per heavy atom. The molecule has 0 fully saturated rings. The van der Waals surface area contributed by atoms with E-state index in [0.717, 1.165) is 13.0 Å². The Morgan fingerprint density at radius 2 is 0.950 bits per heavy atom.